The van der Waals surface area contributed by atoms with Gasteiger partial charge in [-0.05, 0) is 92.2 Å². The first kappa shape index (κ1) is 28.3. The van der Waals surface area contributed by atoms with Crippen molar-refractivity contribution in [3.05, 3.63) is 112 Å². The maximum Gasteiger partial charge on any atom is 0.257 e. The molecule has 0 aliphatic heterocycles. The van der Waals surface area contributed by atoms with Crippen LogP contribution in [0.5, 0.6) is 11.5 Å². The molecule has 1 N–H and O–H groups in total. The number of hydrogen-bond acceptors (Lipinski definition) is 6. The van der Waals surface area contributed by atoms with Crippen LogP contribution in [-0.4, -0.2) is 38.6 Å². The molecule has 0 aliphatic rings. The zero-order valence-corrected chi connectivity index (χ0v) is 24.0. The van der Waals surface area contributed by atoms with Crippen LogP contribution in [0, 0.1) is 5.82 Å². The predicted molar refractivity (Wildman–Crippen MR) is 164 cm³/mol. The van der Waals surface area contributed by atoms with Gasteiger partial charge in [0.2, 0.25) is 0 Å². The fourth-order valence-corrected chi connectivity index (χ4v) is 6.06. The van der Waals surface area contributed by atoms with E-state index in [1.165, 1.54) is 29.0 Å². The summed E-state index contributed by atoms with van der Waals surface area (Å²) in [5.74, 6) is 0.698. The number of hydrogen-bond donors (Lipinski definition) is 1. The van der Waals surface area contributed by atoms with E-state index in [4.69, 9.17) is 9.47 Å². The first-order valence-corrected chi connectivity index (χ1v) is 14.1. The van der Waals surface area contributed by atoms with Crippen LogP contribution in [0.3, 0.4) is 0 Å². The Balaban J connectivity index is 1.19. The normalized spacial score (nSPS) is 11.2. The van der Waals surface area contributed by atoms with Crippen LogP contribution in [0.1, 0.15) is 27.9 Å². The van der Waals surface area contributed by atoms with E-state index in [0.29, 0.717) is 31.4 Å². The van der Waals surface area contributed by atoms with Crippen LogP contribution in [0.25, 0.3) is 20.2 Å². The average molecular weight is 571 g/mol. The molecule has 1 heterocycles. The molecule has 1 aromatic heterocycles. The molecule has 0 fully saturated rings. The van der Waals surface area contributed by atoms with Crippen molar-refractivity contribution in [3.8, 4) is 11.5 Å². The van der Waals surface area contributed by atoms with Crippen LogP contribution in [0.15, 0.2) is 83.7 Å². The summed E-state index contributed by atoms with van der Waals surface area (Å²) < 4.78 is 25.7. The van der Waals surface area contributed by atoms with Gasteiger partial charge in [0.15, 0.2) is 16.9 Å². The summed E-state index contributed by atoms with van der Waals surface area (Å²) in [4.78, 5) is 28.4. The average Bonchev–Trinajstić information content (AvgIpc) is 2.98. The van der Waals surface area contributed by atoms with Crippen LogP contribution >= 0.6 is 11.3 Å². The Bertz CT molecular complexity index is 1770. The summed E-state index contributed by atoms with van der Waals surface area (Å²) in [5, 5.41) is 3.68. The fraction of sp³-hybridized carbons (Fsp3) is 0.212. The van der Waals surface area contributed by atoms with Crippen molar-refractivity contribution in [2.45, 2.75) is 19.4 Å². The van der Waals surface area contributed by atoms with Crippen molar-refractivity contribution in [1.29, 1.82) is 0 Å². The van der Waals surface area contributed by atoms with Crippen LogP contribution in [0.4, 0.5) is 10.1 Å². The molecule has 4 aromatic carbocycles. The van der Waals surface area contributed by atoms with Gasteiger partial charge in [0, 0.05) is 27.7 Å². The second-order valence-electron chi connectivity index (χ2n) is 9.94. The molecule has 0 saturated heterocycles. The summed E-state index contributed by atoms with van der Waals surface area (Å²) in [5.41, 5.74) is 3.16. The number of carbonyl (C=O) groups excluding carboxylic acids is 1. The minimum Gasteiger partial charge on any atom is -0.493 e. The third kappa shape index (κ3) is 6.39. The highest BCUT2D eigenvalue weighted by molar-refractivity contribution is 7.24. The number of benzene rings is 4. The van der Waals surface area contributed by atoms with E-state index in [9.17, 15) is 14.0 Å². The van der Waals surface area contributed by atoms with Gasteiger partial charge in [0.05, 0.1) is 24.5 Å². The van der Waals surface area contributed by atoms with E-state index in [2.05, 4.69) is 17.3 Å². The van der Waals surface area contributed by atoms with Crippen LogP contribution < -0.4 is 20.2 Å². The van der Waals surface area contributed by atoms with Crippen molar-refractivity contribution in [1.82, 2.24) is 4.90 Å². The Labute approximate surface area is 242 Å². The molecule has 0 spiro atoms. The highest BCUT2D eigenvalue weighted by Crippen LogP contribution is 2.29. The fourth-order valence-electron chi connectivity index (χ4n) is 4.90. The summed E-state index contributed by atoms with van der Waals surface area (Å²) >= 11 is 1.31. The van der Waals surface area contributed by atoms with Crippen LogP contribution in [-0.2, 0) is 13.0 Å². The number of methoxy groups -OCH3 is 2. The lowest BCUT2D eigenvalue weighted by molar-refractivity contribution is 0.102. The number of aryl methyl sites for hydroxylation is 1. The summed E-state index contributed by atoms with van der Waals surface area (Å²) in [7, 11) is 5.37. The molecular weight excluding hydrogens is 539 g/mol. The standard InChI is InChI=1S/C33H31FN2O4S/c1-36(20-22-11-15-28(39-2)29(18-22)40-3)17-5-6-21-9-13-24(14-10-21)35-33(38)26-8-4-7-25-31(37)27-19-23(34)12-16-30(27)41-32(25)26/h4,7-16,18-19H,5-6,17,20H2,1-3H3,(H,35,38). The zero-order chi connectivity index (χ0) is 28.9. The number of anilines is 1. The number of rotatable bonds is 10. The Morgan fingerprint density at radius 2 is 1.66 bits per heavy atom. The molecule has 6 nitrogen and oxygen atoms in total. The van der Waals surface area contributed by atoms with Gasteiger partial charge in [-0.25, -0.2) is 4.39 Å². The Kier molecular flexibility index (Phi) is 8.61. The van der Waals surface area contributed by atoms with Crippen LogP contribution in [0.2, 0.25) is 0 Å². The molecule has 5 aromatic rings. The first-order valence-electron chi connectivity index (χ1n) is 13.3. The number of nitrogens with zero attached hydrogens (tertiary/aromatic N) is 1. The van der Waals surface area contributed by atoms with Gasteiger partial charge in [0.1, 0.15) is 5.82 Å². The molecular formula is C33H31FN2O4S. The van der Waals surface area contributed by atoms with E-state index in [1.807, 2.05) is 42.5 Å². The molecule has 0 radical (unpaired) electrons. The third-order valence-electron chi connectivity index (χ3n) is 7.02. The molecule has 0 bridgehead atoms. The Morgan fingerprint density at radius 3 is 2.41 bits per heavy atom. The maximum absolute atomic E-state index is 13.7. The second kappa shape index (κ2) is 12.5. The summed E-state index contributed by atoms with van der Waals surface area (Å²) in [6.07, 6.45) is 1.90. The van der Waals surface area contributed by atoms with E-state index in [-0.39, 0.29) is 11.3 Å². The van der Waals surface area contributed by atoms with Gasteiger partial charge < -0.3 is 19.7 Å². The predicted octanol–water partition coefficient (Wildman–Crippen LogP) is 6.89. The molecule has 0 saturated carbocycles. The van der Waals surface area contributed by atoms with E-state index < -0.39 is 5.82 Å². The molecule has 8 heteroatoms. The van der Waals surface area contributed by atoms with Gasteiger partial charge in [0.25, 0.3) is 5.91 Å². The molecule has 41 heavy (non-hydrogen) atoms. The largest absolute Gasteiger partial charge is 0.493 e. The zero-order valence-electron chi connectivity index (χ0n) is 23.2. The summed E-state index contributed by atoms with van der Waals surface area (Å²) in [6.45, 7) is 1.74. The molecule has 0 aliphatic carbocycles. The molecule has 5 rings (SSSR count). The highest BCUT2D eigenvalue weighted by Gasteiger charge is 2.15. The van der Waals surface area contributed by atoms with Crippen molar-refractivity contribution >= 4 is 43.1 Å². The smallest absolute Gasteiger partial charge is 0.257 e. The van der Waals surface area contributed by atoms with Gasteiger partial charge in [-0.3, -0.25) is 9.59 Å². The van der Waals surface area contributed by atoms with Gasteiger partial charge in [-0.2, -0.15) is 0 Å². The number of fused-ring (bicyclic) bond motifs is 2. The molecule has 1 amide bonds. The number of ether oxygens (including phenoxy) is 2. The number of carbonyl (C=O) groups is 1. The molecule has 0 unspecified atom stereocenters. The van der Waals surface area contributed by atoms with Gasteiger partial charge >= 0.3 is 0 Å². The minimum absolute atomic E-state index is 0.276. The Hall–Kier alpha value is -4.27. The quantitative estimate of drug-likeness (QED) is 0.185. The lowest BCUT2D eigenvalue weighted by atomic mass is 10.1. The molecule has 0 atom stereocenters. The highest BCUT2D eigenvalue weighted by atomic mass is 32.1. The Morgan fingerprint density at radius 1 is 0.902 bits per heavy atom. The minimum atomic E-state index is -0.458. The van der Waals surface area contributed by atoms with E-state index in [1.54, 1.807) is 38.5 Å². The maximum atomic E-state index is 13.7. The van der Waals surface area contributed by atoms with Gasteiger partial charge in [-0.15, -0.1) is 11.3 Å². The first-order chi connectivity index (χ1) is 19.9. The number of nitrogens with one attached hydrogen (secondary N) is 1. The van der Waals surface area contributed by atoms with Crippen molar-refractivity contribution in [2.75, 3.05) is 33.1 Å². The molecule has 210 valence electrons. The number of halogens is 1. The van der Waals surface area contributed by atoms with Gasteiger partial charge in [-0.1, -0.05) is 24.3 Å². The van der Waals surface area contributed by atoms with E-state index >= 15 is 0 Å². The second-order valence-corrected chi connectivity index (χ2v) is 11.0. The SMILES string of the molecule is COc1ccc(CN(C)CCCc2ccc(NC(=O)c3cccc4c(=O)c5cc(F)ccc5sc34)cc2)cc1OC. The topological polar surface area (TPSA) is 67.9 Å². The lowest BCUT2D eigenvalue weighted by Gasteiger charge is -2.18. The van der Waals surface area contributed by atoms with Crippen molar-refractivity contribution in [2.24, 2.45) is 0 Å². The van der Waals surface area contributed by atoms with Crippen molar-refractivity contribution in [3.63, 3.8) is 0 Å². The van der Waals surface area contributed by atoms with E-state index in [0.717, 1.165) is 43.0 Å². The number of amides is 1. The van der Waals surface area contributed by atoms with Crippen molar-refractivity contribution < 1.29 is 18.7 Å². The summed E-state index contributed by atoms with van der Waals surface area (Å²) in [6, 6.07) is 23.0. The third-order valence-corrected chi connectivity index (χ3v) is 8.24. The lowest BCUT2D eigenvalue weighted by Crippen LogP contribution is -2.19. The monoisotopic (exact) mass is 570 g/mol.